The number of aryl methyl sites for hydroxylation is 1. The topological polar surface area (TPSA) is 75.6 Å². The van der Waals surface area contributed by atoms with Crippen molar-refractivity contribution in [1.29, 1.82) is 0 Å². The van der Waals surface area contributed by atoms with Gasteiger partial charge in [-0.3, -0.25) is 9.59 Å². The molecule has 23 heavy (non-hydrogen) atoms. The molecule has 3 rings (SSSR count). The Morgan fingerprint density at radius 2 is 2.00 bits per heavy atom. The molecule has 0 aromatic carbocycles. The lowest BCUT2D eigenvalue weighted by Crippen LogP contribution is -2.58. The Balaban J connectivity index is 1.85. The smallest absolute Gasteiger partial charge is 0.258 e. The van der Waals surface area contributed by atoms with Crippen LogP contribution in [0, 0.1) is 6.92 Å². The molecule has 0 radical (unpaired) electrons. The molecule has 1 aromatic rings. The third-order valence-corrected chi connectivity index (χ3v) is 4.79. The molecule has 0 N–H and O–H groups in total. The van der Waals surface area contributed by atoms with Gasteiger partial charge in [0.1, 0.15) is 11.9 Å². The lowest BCUT2D eigenvalue weighted by atomic mass is 9.95. The van der Waals surface area contributed by atoms with Gasteiger partial charge in [0, 0.05) is 25.8 Å². The maximum atomic E-state index is 13.0. The number of likely N-dealkylation sites (tertiary alicyclic amines) is 1. The zero-order valence-electron chi connectivity index (χ0n) is 13.6. The van der Waals surface area contributed by atoms with Crippen molar-refractivity contribution >= 4 is 11.8 Å². The first-order valence-electron chi connectivity index (χ1n) is 8.00. The highest BCUT2D eigenvalue weighted by molar-refractivity contribution is 6.00. The van der Waals surface area contributed by atoms with E-state index in [2.05, 4.69) is 9.97 Å². The van der Waals surface area contributed by atoms with E-state index in [1.807, 2.05) is 11.8 Å². The number of carbonyl (C=O) groups excluding carboxylic acids is 2. The molecule has 2 amide bonds. The fourth-order valence-electron chi connectivity index (χ4n) is 3.36. The molecule has 124 valence electrons. The van der Waals surface area contributed by atoms with Crippen LogP contribution in [-0.2, 0) is 9.53 Å². The predicted molar refractivity (Wildman–Crippen MR) is 82.8 cm³/mol. The van der Waals surface area contributed by atoms with Gasteiger partial charge in [-0.25, -0.2) is 9.97 Å². The highest BCUT2D eigenvalue weighted by atomic mass is 16.5. The predicted octanol–water partition coefficient (Wildman–Crippen LogP) is 0.639. The number of hydrogen-bond donors (Lipinski definition) is 0. The van der Waals surface area contributed by atoms with Crippen molar-refractivity contribution in [1.82, 2.24) is 19.8 Å². The maximum Gasteiger partial charge on any atom is 0.258 e. The summed E-state index contributed by atoms with van der Waals surface area (Å²) in [5.41, 5.74) is 0.310. The lowest BCUT2D eigenvalue weighted by molar-refractivity contribution is -0.144. The van der Waals surface area contributed by atoms with E-state index in [9.17, 15) is 9.59 Å². The molecule has 1 aromatic heterocycles. The van der Waals surface area contributed by atoms with E-state index in [4.69, 9.17) is 4.74 Å². The summed E-state index contributed by atoms with van der Waals surface area (Å²) < 4.78 is 5.31. The molecule has 2 aliphatic heterocycles. The van der Waals surface area contributed by atoms with E-state index < -0.39 is 5.54 Å². The fourth-order valence-corrected chi connectivity index (χ4v) is 3.36. The van der Waals surface area contributed by atoms with Crippen molar-refractivity contribution in [3.8, 4) is 0 Å². The molecule has 2 saturated heterocycles. The largest absolute Gasteiger partial charge is 0.378 e. The molecule has 0 spiro atoms. The Morgan fingerprint density at radius 1 is 1.26 bits per heavy atom. The minimum Gasteiger partial charge on any atom is -0.378 e. The first kappa shape index (κ1) is 15.9. The van der Waals surface area contributed by atoms with Crippen molar-refractivity contribution < 1.29 is 14.3 Å². The molecule has 3 heterocycles. The normalized spacial score (nSPS) is 24.8. The van der Waals surface area contributed by atoms with Crippen LogP contribution in [0.4, 0.5) is 0 Å². The van der Waals surface area contributed by atoms with Gasteiger partial charge >= 0.3 is 0 Å². The molecular weight excluding hydrogens is 296 g/mol. The third-order valence-electron chi connectivity index (χ3n) is 4.79. The van der Waals surface area contributed by atoms with Crippen LogP contribution in [0.3, 0.4) is 0 Å². The number of nitrogens with zero attached hydrogens (tertiary/aromatic N) is 4. The summed E-state index contributed by atoms with van der Waals surface area (Å²) in [6, 6.07) is 0. The summed E-state index contributed by atoms with van der Waals surface area (Å²) in [5.74, 6) is -0.147. The van der Waals surface area contributed by atoms with E-state index in [1.54, 1.807) is 11.8 Å². The number of hydrogen-bond acceptors (Lipinski definition) is 5. The van der Waals surface area contributed by atoms with E-state index in [-0.39, 0.29) is 11.8 Å². The SMILES string of the molecule is Cc1ncncc1C(=O)N1CCCC1(C)C(=O)N1CCOCC1. The number of amides is 2. The van der Waals surface area contributed by atoms with E-state index >= 15 is 0 Å². The van der Waals surface area contributed by atoms with Crippen molar-refractivity contribution in [2.75, 3.05) is 32.8 Å². The molecule has 7 heteroatoms. The molecule has 1 unspecified atom stereocenters. The van der Waals surface area contributed by atoms with Crippen LogP contribution >= 0.6 is 0 Å². The molecule has 7 nitrogen and oxygen atoms in total. The molecule has 0 saturated carbocycles. The van der Waals surface area contributed by atoms with Gasteiger partial charge in [0.25, 0.3) is 5.91 Å². The summed E-state index contributed by atoms with van der Waals surface area (Å²) in [7, 11) is 0. The van der Waals surface area contributed by atoms with Crippen molar-refractivity contribution in [3.63, 3.8) is 0 Å². The second-order valence-electron chi connectivity index (χ2n) is 6.26. The second-order valence-corrected chi connectivity index (χ2v) is 6.26. The Kier molecular flexibility index (Phi) is 4.30. The van der Waals surface area contributed by atoms with Crippen LogP contribution in [-0.4, -0.2) is 70.0 Å². The Bertz CT molecular complexity index is 615. The van der Waals surface area contributed by atoms with Crippen LogP contribution in [0.1, 0.15) is 35.8 Å². The zero-order chi connectivity index (χ0) is 16.4. The highest BCUT2D eigenvalue weighted by Gasteiger charge is 2.48. The molecule has 1 atom stereocenters. The number of rotatable bonds is 2. The van der Waals surface area contributed by atoms with Gasteiger partial charge in [-0.1, -0.05) is 0 Å². The van der Waals surface area contributed by atoms with Crippen LogP contribution in [0.15, 0.2) is 12.5 Å². The standard InChI is InChI=1S/C16H22N4O3/c1-12-13(10-17-11-18-12)14(21)20-5-3-4-16(20,2)15(22)19-6-8-23-9-7-19/h10-11H,3-9H2,1-2H3. The quantitative estimate of drug-likeness (QED) is 0.800. The van der Waals surface area contributed by atoms with E-state index in [0.29, 0.717) is 50.5 Å². The number of ether oxygens (including phenoxy) is 1. The zero-order valence-corrected chi connectivity index (χ0v) is 13.6. The highest BCUT2D eigenvalue weighted by Crippen LogP contribution is 2.32. The summed E-state index contributed by atoms with van der Waals surface area (Å²) in [4.78, 5) is 37.5. The fraction of sp³-hybridized carbons (Fsp3) is 0.625. The average molecular weight is 318 g/mol. The van der Waals surface area contributed by atoms with Crippen LogP contribution in [0.2, 0.25) is 0 Å². The lowest BCUT2D eigenvalue weighted by Gasteiger charge is -2.39. The molecule has 0 aliphatic carbocycles. The van der Waals surface area contributed by atoms with Gasteiger partial charge in [0.2, 0.25) is 5.91 Å². The van der Waals surface area contributed by atoms with Crippen LogP contribution in [0.25, 0.3) is 0 Å². The van der Waals surface area contributed by atoms with Crippen molar-refractivity contribution in [2.24, 2.45) is 0 Å². The first-order valence-corrected chi connectivity index (χ1v) is 8.00. The second kappa shape index (κ2) is 6.23. The maximum absolute atomic E-state index is 13.0. The number of aromatic nitrogens is 2. The Morgan fingerprint density at radius 3 is 2.70 bits per heavy atom. The summed E-state index contributed by atoms with van der Waals surface area (Å²) in [5, 5.41) is 0. The van der Waals surface area contributed by atoms with Gasteiger partial charge in [-0.15, -0.1) is 0 Å². The molecule has 0 bridgehead atoms. The number of carbonyl (C=O) groups is 2. The van der Waals surface area contributed by atoms with E-state index in [1.165, 1.54) is 12.5 Å². The molecule has 2 fully saturated rings. The van der Waals surface area contributed by atoms with Gasteiger partial charge in [-0.05, 0) is 26.7 Å². The Hall–Kier alpha value is -2.02. The van der Waals surface area contributed by atoms with Gasteiger partial charge in [-0.2, -0.15) is 0 Å². The summed E-state index contributed by atoms with van der Waals surface area (Å²) in [6.45, 7) is 6.53. The first-order chi connectivity index (χ1) is 11.0. The van der Waals surface area contributed by atoms with Crippen molar-refractivity contribution in [2.45, 2.75) is 32.2 Å². The minimum atomic E-state index is -0.795. The average Bonchev–Trinajstić information content (AvgIpc) is 2.98. The number of morpholine rings is 1. The monoisotopic (exact) mass is 318 g/mol. The third kappa shape index (κ3) is 2.81. The molecule has 2 aliphatic rings. The van der Waals surface area contributed by atoms with Crippen molar-refractivity contribution in [3.05, 3.63) is 23.8 Å². The Labute approximate surface area is 135 Å². The minimum absolute atomic E-state index is 0.0150. The van der Waals surface area contributed by atoms with E-state index in [0.717, 1.165) is 6.42 Å². The van der Waals surface area contributed by atoms with Gasteiger partial charge in [0.05, 0.1) is 24.5 Å². The van der Waals surface area contributed by atoms with Gasteiger partial charge in [0.15, 0.2) is 0 Å². The molecular formula is C16H22N4O3. The summed E-state index contributed by atoms with van der Waals surface area (Å²) in [6.07, 6.45) is 4.46. The van der Waals surface area contributed by atoms with Crippen LogP contribution in [0.5, 0.6) is 0 Å². The summed E-state index contributed by atoms with van der Waals surface area (Å²) >= 11 is 0. The van der Waals surface area contributed by atoms with Gasteiger partial charge < -0.3 is 14.5 Å². The van der Waals surface area contributed by atoms with Crippen LogP contribution < -0.4 is 0 Å².